The zero-order valence-corrected chi connectivity index (χ0v) is 10.9. The van der Waals surface area contributed by atoms with Gasteiger partial charge in [-0.15, -0.1) is 0 Å². The summed E-state index contributed by atoms with van der Waals surface area (Å²) in [5.74, 6) is -1.49. The van der Waals surface area contributed by atoms with E-state index in [4.69, 9.17) is 9.52 Å². The van der Waals surface area contributed by atoms with Crippen molar-refractivity contribution in [1.82, 2.24) is 0 Å². The fourth-order valence-electron chi connectivity index (χ4n) is 1.43. The number of furan rings is 1. The van der Waals surface area contributed by atoms with Crippen LogP contribution in [0, 0.1) is 12.7 Å². The molecule has 6 heteroatoms. The third-order valence-corrected chi connectivity index (χ3v) is 2.95. The lowest BCUT2D eigenvalue weighted by molar-refractivity contribution is 0.0663. The number of rotatable bonds is 3. The Balaban J connectivity index is 2.28. The molecule has 2 N–H and O–H groups in total. The minimum atomic E-state index is -1.15. The van der Waals surface area contributed by atoms with Crippen LogP contribution in [0.1, 0.15) is 16.1 Å². The Morgan fingerprint density at radius 1 is 1.44 bits per heavy atom. The minimum Gasteiger partial charge on any atom is -0.475 e. The van der Waals surface area contributed by atoms with Crippen LogP contribution in [0.2, 0.25) is 0 Å². The molecule has 0 saturated heterocycles. The van der Waals surface area contributed by atoms with Gasteiger partial charge in [0.2, 0.25) is 5.76 Å². The molecule has 1 aromatic carbocycles. The summed E-state index contributed by atoms with van der Waals surface area (Å²) in [7, 11) is 0. The van der Waals surface area contributed by atoms with E-state index in [1.54, 1.807) is 13.0 Å². The van der Waals surface area contributed by atoms with Crippen molar-refractivity contribution in [3.05, 3.63) is 45.9 Å². The van der Waals surface area contributed by atoms with E-state index in [-0.39, 0.29) is 11.6 Å². The van der Waals surface area contributed by atoms with Gasteiger partial charge in [0.25, 0.3) is 0 Å². The van der Waals surface area contributed by atoms with Crippen molar-refractivity contribution in [3.63, 3.8) is 0 Å². The molecule has 0 fully saturated rings. The largest absolute Gasteiger partial charge is 0.475 e. The van der Waals surface area contributed by atoms with Crippen molar-refractivity contribution in [2.45, 2.75) is 6.92 Å². The fraction of sp³-hybridized carbons (Fsp3) is 0.0833. The smallest absolute Gasteiger partial charge is 0.371 e. The van der Waals surface area contributed by atoms with Crippen LogP contribution in [0.3, 0.4) is 0 Å². The van der Waals surface area contributed by atoms with Gasteiger partial charge >= 0.3 is 5.97 Å². The molecule has 0 atom stereocenters. The minimum absolute atomic E-state index is 0.173. The van der Waals surface area contributed by atoms with Crippen molar-refractivity contribution in [2.75, 3.05) is 5.32 Å². The van der Waals surface area contributed by atoms with E-state index in [0.717, 1.165) is 5.56 Å². The first-order valence-electron chi connectivity index (χ1n) is 5.03. The Morgan fingerprint density at radius 2 is 2.17 bits per heavy atom. The monoisotopic (exact) mass is 313 g/mol. The van der Waals surface area contributed by atoms with Crippen molar-refractivity contribution in [1.29, 1.82) is 0 Å². The van der Waals surface area contributed by atoms with Gasteiger partial charge < -0.3 is 14.8 Å². The van der Waals surface area contributed by atoms with Gasteiger partial charge in [-0.05, 0) is 46.6 Å². The number of carbonyl (C=O) groups is 1. The molecule has 0 aliphatic rings. The van der Waals surface area contributed by atoms with E-state index in [2.05, 4.69) is 21.2 Å². The molecule has 0 aliphatic heterocycles. The van der Waals surface area contributed by atoms with Crippen LogP contribution in [-0.4, -0.2) is 11.1 Å². The molecule has 0 unspecified atom stereocenters. The average Bonchev–Trinajstić information content (AvgIpc) is 2.74. The summed E-state index contributed by atoms with van der Waals surface area (Å²) >= 11 is 3.08. The highest BCUT2D eigenvalue weighted by Crippen LogP contribution is 2.27. The molecule has 0 bridgehead atoms. The highest BCUT2D eigenvalue weighted by atomic mass is 79.9. The summed E-state index contributed by atoms with van der Waals surface area (Å²) < 4.78 is 18.8. The van der Waals surface area contributed by atoms with Gasteiger partial charge in [0.15, 0.2) is 5.88 Å². The van der Waals surface area contributed by atoms with Crippen molar-refractivity contribution in [3.8, 4) is 0 Å². The molecule has 0 spiro atoms. The van der Waals surface area contributed by atoms with Crippen LogP contribution < -0.4 is 5.32 Å². The zero-order chi connectivity index (χ0) is 13.3. The molecule has 0 saturated carbocycles. The summed E-state index contributed by atoms with van der Waals surface area (Å²) in [5, 5.41) is 11.5. The van der Waals surface area contributed by atoms with Crippen LogP contribution in [0.4, 0.5) is 16.0 Å². The molecular weight excluding hydrogens is 305 g/mol. The summed E-state index contributed by atoms with van der Waals surface area (Å²) in [6, 6.07) is 5.74. The summed E-state index contributed by atoms with van der Waals surface area (Å²) in [5.41, 5.74) is 1.32. The van der Waals surface area contributed by atoms with Crippen LogP contribution in [0.5, 0.6) is 0 Å². The molecule has 4 nitrogen and oxygen atoms in total. The van der Waals surface area contributed by atoms with Gasteiger partial charge in [0.1, 0.15) is 5.82 Å². The molecule has 2 rings (SSSR count). The predicted molar refractivity (Wildman–Crippen MR) is 67.8 cm³/mol. The van der Waals surface area contributed by atoms with Gasteiger partial charge in [0, 0.05) is 11.8 Å². The SMILES string of the molecule is Cc1cc(Br)c(F)cc1Nc1ccc(C(=O)O)o1. The Kier molecular flexibility index (Phi) is 3.38. The molecule has 1 aromatic heterocycles. The average molecular weight is 314 g/mol. The number of halogens is 2. The predicted octanol–water partition coefficient (Wildman–Crippen LogP) is 3.93. The maximum Gasteiger partial charge on any atom is 0.371 e. The zero-order valence-electron chi connectivity index (χ0n) is 9.33. The van der Waals surface area contributed by atoms with Crippen LogP contribution in [-0.2, 0) is 0 Å². The number of hydrogen-bond donors (Lipinski definition) is 2. The number of aryl methyl sites for hydroxylation is 1. The first-order chi connectivity index (χ1) is 8.47. The van der Waals surface area contributed by atoms with E-state index < -0.39 is 11.8 Å². The molecule has 1 heterocycles. The third kappa shape index (κ3) is 2.53. The molecular formula is C12H9BrFNO3. The van der Waals surface area contributed by atoms with E-state index in [0.29, 0.717) is 10.2 Å². The van der Waals surface area contributed by atoms with Crippen molar-refractivity contribution < 1.29 is 18.7 Å². The lowest BCUT2D eigenvalue weighted by Crippen LogP contribution is -1.95. The second kappa shape index (κ2) is 4.81. The Hall–Kier alpha value is -1.82. The second-order valence-corrected chi connectivity index (χ2v) is 4.53. The molecule has 0 amide bonds. The lowest BCUT2D eigenvalue weighted by Gasteiger charge is -2.08. The quantitative estimate of drug-likeness (QED) is 0.901. The molecule has 0 aliphatic carbocycles. The number of anilines is 2. The Bertz CT molecular complexity index is 609. The normalized spacial score (nSPS) is 10.4. The first kappa shape index (κ1) is 12.6. The fourth-order valence-corrected chi connectivity index (χ4v) is 1.89. The number of aromatic carboxylic acids is 1. The maximum atomic E-state index is 13.4. The summed E-state index contributed by atoms with van der Waals surface area (Å²) in [4.78, 5) is 10.6. The Labute approximate surface area is 111 Å². The highest BCUT2D eigenvalue weighted by Gasteiger charge is 2.11. The molecule has 2 aromatic rings. The molecule has 94 valence electrons. The van der Waals surface area contributed by atoms with Gasteiger partial charge in [0.05, 0.1) is 4.47 Å². The highest BCUT2D eigenvalue weighted by molar-refractivity contribution is 9.10. The van der Waals surface area contributed by atoms with E-state index in [1.807, 2.05) is 0 Å². The number of nitrogens with one attached hydrogen (secondary N) is 1. The van der Waals surface area contributed by atoms with Crippen molar-refractivity contribution >= 4 is 33.5 Å². The van der Waals surface area contributed by atoms with Gasteiger partial charge in [-0.1, -0.05) is 0 Å². The maximum absolute atomic E-state index is 13.4. The summed E-state index contributed by atoms with van der Waals surface area (Å²) in [6.07, 6.45) is 0. The third-order valence-electron chi connectivity index (χ3n) is 2.34. The van der Waals surface area contributed by atoms with E-state index in [1.165, 1.54) is 18.2 Å². The Morgan fingerprint density at radius 3 is 2.78 bits per heavy atom. The van der Waals surface area contributed by atoms with Gasteiger partial charge in [-0.2, -0.15) is 0 Å². The number of carboxylic acid groups (broad SMARTS) is 1. The number of benzene rings is 1. The first-order valence-corrected chi connectivity index (χ1v) is 5.82. The van der Waals surface area contributed by atoms with Crippen LogP contribution >= 0.6 is 15.9 Å². The van der Waals surface area contributed by atoms with E-state index in [9.17, 15) is 9.18 Å². The summed E-state index contributed by atoms with van der Waals surface area (Å²) in [6.45, 7) is 1.80. The number of carboxylic acids is 1. The van der Waals surface area contributed by atoms with Crippen molar-refractivity contribution in [2.24, 2.45) is 0 Å². The number of hydrogen-bond acceptors (Lipinski definition) is 3. The van der Waals surface area contributed by atoms with Gasteiger partial charge in [-0.25, -0.2) is 9.18 Å². The van der Waals surface area contributed by atoms with Crippen LogP contribution in [0.25, 0.3) is 0 Å². The van der Waals surface area contributed by atoms with Crippen LogP contribution in [0.15, 0.2) is 33.2 Å². The molecule has 18 heavy (non-hydrogen) atoms. The standard InChI is InChI=1S/C12H9BrFNO3/c1-6-4-7(13)8(14)5-9(6)15-11-3-2-10(18-11)12(16)17/h2-5,15H,1H3,(H,16,17). The van der Waals surface area contributed by atoms with E-state index >= 15 is 0 Å². The van der Waals surface area contributed by atoms with Gasteiger partial charge in [-0.3, -0.25) is 0 Å². The topological polar surface area (TPSA) is 62.5 Å². The second-order valence-electron chi connectivity index (χ2n) is 3.68. The molecule has 0 radical (unpaired) electrons. The lowest BCUT2D eigenvalue weighted by atomic mass is 10.2.